The Bertz CT molecular complexity index is 430. The van der Waals surface area contributed by atoms with E-state index in [1.807, 2.05) is 31.2 Å². The highest BCUT2D eigenvalue weighted by molar-refractivity contribution is 6.33. The first-order valence-electron chi connectivity index (χ1n) is 7.01. The molecule has 1 aromatic carbocycles. The Morgan fingerprint density at radius 2 is 1.70 bits per heavy atom. The molecule has 0 amide bonds. The molecule has 0 unspecified atom stereocenters. The largest absolute Gasteiger partial charge is 0.396 e. The summed E-state index contributed by atoms with van der Waals surface area (Å²) in [4.78, 5) is 4.58. The molecule has 0 aromatic heterocycles. The highest BCUT2D eigenvalue weighted by Gasteiger charge is 2.28. The maximum absolute atomic E-state index is 9.37. The second kappa shape index (κ2) is 6.76. The Labute approximate surface area is 125 Å². The van der Waals surface area contributed by atoms with Crippen LogP contribution in [0, 0.1) is 5.41 Å². The van der Waals surface area contributed by atoms with Gasteiger partial charge in [-0.3, -0.25) is 4.90 Å². The van der Waals surface area contributed by atoms with E-state index in [4.69, 9.17) is 11.6 Å². The van der Waals surface area contributed by atoms with Crippen molar-refractivity contribution in [2.24, 2.45) is 5.41 Å². The summed E-state index contributed by atoms with van der Waals surface area (Å²) in [6.07, 6.45) is 0. The zero-order valence-electron chi connectivity index (χ0n) is 11.9. The van der Waals surface area contributed by atoms with Gasteiger partial charge in [0, 0.05) is 38.1 Å². The molecule has 1 heterocycles. The first-order chi connectivity index (χ1) is 9.58. The van der Waals surface area contributed by atoms with Gasteiger partial charge in [-0.1, -0.05) is 30.7 Å². The van der Waals surface area contributed by atoms with Crippen LogP contribution in [0.2, 0.25) is 5.02 Å². The van der Waals surface area contributed by atoms with Crippen LogP contribution < -0.4 is 4.90 Å². The Balaban J connectivity index is 1.91. The van der Waals surface area contributed by atoms with Crippen LogP contribution in [0.1, 0.15) is 6.92 Å². The molecule has 0 bridgehead atoms. The lowest BCUT2D eigenvalue weighted by Gasteiger charge is -2.40. The number of piperazine rings is 1. The molecule has 0 aliphatic carbocycles. The molecule has 1 aliphatic heterocycles. The third-order valence-electron chi connectivity index (χ3n) is 3.93. The SMILES string of the molecule is CC(CO)(CO)CN1CCN(c2ccccc2Cl)CC1. The van der Waals surface area contributed by atoms with E-state index in [2.05, 4.69) is 9.80 Å². The Hall–Kier alpha value is -0.810. The van der Waals surface area contributed by atoms with E-state index >= 15 is 0 Å². The third-order valence-corrected chi connectivity index (χ3v) is 4.25. The normalized spacial score (nSPS) is 17.5. The molecule has 0 radical (unpaired) electrons. The zero-order chi connectivity index (χ0) is 14.6. The number of hydrogen-bond donors (Lipinski definition) is 2. The molecule has 5 heteroatoms. The summed E-state index contributed by atoms with van der Waals surface area (Å²) in [5.74, 6) is 0. The summed E-state index contributed by atoms with van der Waals surface area (Å²) in [6, 6.07) is 7.90. The van der Waals surface area contributed by atoms with Gasteiger partial charge in [-0.25, -0.2) is 0 Å². The lowest BCUT2D eigenvalue weighted by molar-refractivity contribution is 0.0336. The number of aliphatic hydroxyl groups is 2. The molecular formula is C15H23ClN2O2. The van der Waals surface area contributed by atoms with Crippen LogP contribution >= 0.6 is 11.6 Å². The van der Waals surface area contributed by atoms with Gasteiger partial charge >= 0.3 is 0 Å². The van der Waals surface area contributed by atoms with Gasteiger partial charge in [0.15, 0.2) is 0 Å². The third kappa shape index (κ3) is 3.64. The number of benzene rings is 1. The minimum Gasteiger partial charge on any atom is -0.396 e. The maximum atomic E-state index is 9.37. The topological polar surface area (TPSA) is 46.9 Å². The molecule has 1 aliphatic rings. The van der Waals surface area contributed by atoms with Crippen LogP contribution in [0.25, 0.3) is 0 Å². The number of rotatable bonds is 5. The fraction of sp³-hybridized carbons (Fsp3) is 0.600. The van der Waals surface area contributed by atoms with Crippen LogP contribution in [0.5, 0.6) is 0 Å². The molecule has 112 valence electrons. The summed E-state index contributed by atoms with van der Waals surface area (Å²) in [5, 5.41) is 19.5. The van der Waals surface area contributed by atoms with Gasteiger partial charge in [0.2, 0.25) is 0 Å². The average Bonchev–Trinajstić information content (AvgIpc) is 2.49. The molecule has 0 atom stereocenters. The molecular weight excluding hydrogens is 276 g/mol. The quantitative estimate of drug-likeness (QED) is 0.864. The summed E-state index contributed by atoms with van der Waals surface area (Å²) in [5.41, 5.74) is 0.660. The van der Waals surface area contributed by atoms with E-state index in [0.29, 0.717) is 0 Å². The van der Waals surface area contributed by atoms with Gasteiger partial charge in [0.05, 0.1) is 23.9 Å². The number of nitrogens with zero attached hydrogens (tertiary/aromatic N) is 2. The number of anilines is 1. The average molecular weight is 299 g/mol. The van der Waals surface area contributed by atoms with Crippen LogP contribution in [0.4, 0.5) is 5.69 Å². The molecule has 20 heavy (non-hydrogen) atoms. The van der Waals surface area contributed by atoms with E-state index in [1.165, 1.54) is 0 Å². The molecule has 1 saturated heterocycles. The highest BCUT2D eigenvalue weighted by atomic mass is 35.5. The lowest BCUT2D eigenvalue weighted by atomic mass is 9.92. The van der Waals surface area contributed by atoms with Crippen molar-refractivity contribution in [3.05, 3.63) is 29.3 Å². The Kier molecular flexibility index (Phi) is 5.27. The van der Waals surface area contributed by atoms with Crippen LogP contribution in [-0.4, -0.2) is 61.1 Å². The molecule has 0 saturated carbocycles. The lowest BCUT2D eigenvalue weighted by Crippen LogP contribution is -2.51. The second-order valence-electron chi connectivity index (χ2n) is 5.84. The van der Waals surface area contributed by atoms with E-state index in [-0.39, 0.29) is 13.2 Å². The Morgan fingerprint density at radius 3 is 2.25 bits per heavy atom. The van der Waals surface area contributed by atoms with Crippen molar-refractivity contribution in [3.8, 4) is 0 Å². The number of halogens is 1. The zero-order valence-corrected chi connectivity index (χ0v) is 12.7. The van der Waals surface area contributed by atoms with E-state index in [0.717, 1.165) is 43.4 Å². The van der Waals surface area contributed by atoms with Gasteiger partial charge in [-0.15, -0.1) is 0 Å². The smallest absolute Gasteiger partial charge is 0.0639 e. The monoisotopic (exact) mass is 298 g/mol. The van der Waals surface area contributed by atoms with Crippen molar-refractivity contribution >= 4 is 17.3 Å². The van der Waals surface area contributed by atoms with Crippen molar-refractivity contribution < 1.29 is 10.2 Å². The highest BCUT2D eigenvalue weighted by Crippen LogP contribution is 2.26. The van der Waals surface area contributed by atoms with Crippen LogP contribution in [0.15, 0.2) is 24.3 Å². The van der Waals surface area contributed by atoms with E-state index in [1.54, 1.807) is 0 Å². The minimum absolute atomic E-state index is 0.00816. The van der Waals surface area contributed by atoms with Crippen LogP contribution in [-0.2, 0) is 0 Å². The standard InChI is InChI=1S/C15H23ClN2O2/c1-15(11-19,12-20)10-17-6-8-18(9-7-17)14-5-3-2-4-13(14)16/h2-5,19-20H,6-12H2,1H3. The molecule has 1 fully saturated rings. The predicted octanol–water partition coefficient (Wildman–Crippen LogP) is 1.45. The summed E-state index contributed by atoms with van der Waals surface area (Å²) in [7, 11) is 0. The summed E-state index contributed by atoms with van der Waals surface area (Å²) in [6.45, 7) is 6.31. The molecule has 1 aromatic rings. The predicted molar refractivity (Wildman–Crippen MR) is 82.4 cm³/mol. The summed E-state index contributed by atoms with van der Waals surface area (Å²) >= 11 is 6.22. The molecule has 2 rings (SSSR count). The van der Waals surface area contributed by atoms with E-state index in [9.17, 15) is 10.2 Å². The van der Waals surface area contributed by atoms with Gasteiger partial charge in [-0.05, 0) is 12.1 Å². The molecule has 0 spiro atoms. The van der Waals surface area contributed by atoms with Crippen LogP contribution in [0.3, 0.4) is 0 Å². The second-order valence-corrected chi connectivity index (χ2v) is 6.25. The fourth-order valence-corrected chi connectivity index (χ4v) is 2.80. The Morgan fingerprint density at radius 1 is 1.10 bits per heavy atom. The number of para-hydroxylation sites is 1. The van der Waals surface area contributed by atoms with Crippen molar-refractivity contribution in [2.75, 3.05) is 50.8 Å². The van der Waals surface area contributed by atoms with Crippen molar-refractivity contribution in [2.45, 2.75) is 6.92 Å². The first-order valence-corrected chi connectivity index (χ1v) is 7.39. The maximum Gasteiger partial charge on any atom is 0.0639 e. The number of hydrogen-bond acceptors (Lipinski definition) is 4. The fourth-order valence-electron chi connectivity index (χ4n) is 2.54. The van der Waals surface area contributed by atoms with E-state index < -0.39 is 5.41 Å². The van der Waals surface area contributed by atoms with Gasteiger partial charge in [0.25, 0.3) is 0 Å². The number of aliphatic hydroxyl groups excluding tert-OH is 2. The first kappa shape index (κ1) is 15.6. The summed E-state index contributed by atoms with van der Waals surface area (Å²) < 4.78 is 0. The van der Waals surface area contributed by atoms with Gasteiger partial charge < -0.3 is 15.1 Å². The van der Waals surface area contributed by atoms with Crippen molar-refractivity contribution in [3.63, 3.8) is 0 Å². The van der Waals surface area contributed by atoms with Crippen molar-refractivity contribution in [1.82, 2.24) is 4.90 Å². The molecule has 2 N–H and O–H groups in total. The van der Waals surface area contributed by atoms with Gasteiger partial charge in [0.1, 0.15) is 0 Å². The van der Waals surface area contributed by atoms with Crippen molar-refractivity contribution in [1.29, 1.82) is 0 Å². The van der Waals surface area contributed by atoms with Gasteiger partial charge in [-0.2, -0.15) is 0 Å². The minimum atomic E-state index is -0.424. The molecule has 4 nitrogen and oxygen atoms in total.